The summed E-state index contributed by atoms with van der Waals surface area (Å²) in [6, 6.07) is 0. The van der Waals surface area contributed by atoms with Crippen LogP contribution in [0.15, 0.2) is 0 Å². The SMILES string of the molecule is CC(CBr)CS(=O)(=O)O. The summed E-state index contributed by atoms with van der Waals surface area (Å²) in [6.45, 7) is 1.74. The molecule has 0 aliphatic carbocycles. The van der Waals surface area contributed by atoms with Crippen molar-refractivity contribution in [3.63, 3.8) is 0 Å². The van der Waals surface area contributed by atoms with Gasteiger partial charge in [0.15, 0.2) is 0 Å². The Morgan fingerprint density at radius 1 is 1.67 bits per heavy atom. The molecule has 0 heterocycles. The minimum Gasteiger partial charge on any atom is -0.286 e. The van der Waals surface area contributed by atoms with Crippen molar-refractivity contribution in [3.8, 4) is 0 Å². The maximum atomic E-state index is 10.1. The largest absolute Gasteiger partial charge is 0.286 e. The highest BCUT2D eigenvalue weighted by Crippen LogP contribution is 2.02. The zero-order valence-electron chi connectivity index (χ0n) is 5.04. The highest BCUT2D eigenvalue weighted by molar-refractivity contribution is 9.09. The third kappa shape index (κ3) is 6.27. The van der Waals surface area contributed by atoms with E-state index < -0.39 is 10.1 Å². The Morgan fingerprint density at radius 2 is 2.11 bits per heavy atom. The van der Waals surface area contributed by atoms with Gasteiger partial charge in [0.05, 0.1) is 5.75 Å². The van der Waals surface area contributed by atoms with Gasteiger partial charge in [0, 0.05) is 5.33 Å². The Bertz CT molecular complexity index is 163. The standard InChI is InChI=1S/C4H9BrO3S/c1-4(2-5)3-9(6,7)8/h4H,2-3H2,1H3,(H,6,7,8). The first kappa shape index (κ1) is 9.39. The number of hydrogen-bond acceptors (Lipinski definition) is 2. The van der Waals surface area contributed by atoms with Crippen LogP contribution in [0.1, 0.15) is 6.92 Å². The van der Waals surface area contributed by atoms with E-state index in [0.29, 0.717) is 5.33 Å². The van der Waals surface area contributed by atoms with Crippen LogP contribution in [0.3, 0.4) is 0 Å². The first-order valence-corrected chi connectivity index (χ1v) is 5.20. The molecule has 1 N–H and O–H groups in total. The van der Waals surface area contributed by atoms with Gasteiger partial charge in [-0.2, -0.15) is 8.42 Å². The third-order valence-electron chi connectivity index (χ3n) is 0.759. The lowest BCUT2D eigenvalue weighted by Gasteiger charge is -2.01. The highest BCUT2D eigenvalue weighted by Gasteiger charge is 2.09. The van der Waals surface area contributed by atoms with E-state index in [1.165, 1.54) is 0 Å². The Morgan fingerprint density at radius 3 is 2.22 bits per heavy atom. The molecule has 0 aliphatic rings. The third-order valence-corrected chi connectivity index (χ3v) is 2.85. The van der Waals surface area contributed by atoms with E-state index in [9.17, 15) is 8.42 Å². The summed E-state index contributed by atoms with van der Waals surface area (Å²) in [4.78, 5) is 0. The summed E-state index contributed by atoms with van der Waals surface area (Å²) in [5.41, 5.74) is 0. The molecule has 1 unspecified atom stereocenters. The molecule has 0 saturated heterocycles. The van der Waals surface area contributed by atoms with Gasteiger partial charge < -0.3 is 0 Å². The van der Waals surface area contributed by atoms with Gasteiger partial charge in [-0.1, -0.05) is 22.9 Å². The molecule has 1 atom stereocenters. The van der Waals surface area contributed by atoms with Gasteiger partial charge in [0.25, 0.3) is 10.1 Å². The van der Waals surface area contributed by atoms with Crippen molar-refractivity contribution < 1.29 is 13.0 Å². The van der Waals surface area contributed by atoms with Crippen molar-refractivity contribution in [1.82, 2.24) is 0 Å². The van der Waals surface area contributed by atoms with E-state index in [1.807, 2.05) is 0 Å². The van der Waals surface area contributed by atoms with Crippen molar-refractivity contribution in [1.29, 1.82) is 0 Å². The van der Waals surface area contributed by atoms with Crippen LogP contribution in [0.5, 0.6) is 0 Å². The fourth-order valence-electron chi connectivity index (χ4n) is 0.404. The monoisotopic (exact) mass is 216 g/mol. The van der Waals surface area contributed by atoms with Crippen molar-refractivity contribution in [3.05, 3.63) is 0 Å². The summed E-state index contributed by atoms with van der Waals surface area (Å²) in [6.07, 6.45) is 0. The zero-order valence-corrected chi connectivity index (χ0v) is 7.44. The van der Waals surface area contributed by atoms with Crippen LogP contribution in [-0.4, -0.2) is 24.1 Å². The molecular weight excluding hydrogens is 208 g/mol. The Kier molecular flexibility index (Phi) is 3.68. The molecule has 0 aromatic carbocycles. The summed E-state index contributed by atoms with van der Waals surface area (Å²) in [5, 5.41) is 0.590. The summed E-state index contributed by atoms with van der Waals surface area (Å²) in [7, 11) is -3.77. The molecule has 5 heteroatoms. The molecule has 0 amide bonds. The number of halogens is 1. The Balaban J connectivity index is 3.75. The Labute approximate surface area is 63.3 Å². The molecule has 0 saturated carbocycles. The van der Waals surface area contributed by atoms with Crippen molar-refractivity contribution in [2.45, 2.75) is 6.92 Å². The molecule has 0 rings (SSSR count). The molecular formula is C4H9BrO3S. The van der Waals surface area contributed by atoms with E-state index in [2.05, 4.69) is 15.9 Å². The molecule has 0 fully saturated rings. The first-order chi connectivity index (χ1) is 3.95. The molecule has 0 radical (unpaired) electrons. The van der Waals surface area contributed by atoms with E-state index in [-0.39, 0.29) is 11.7 Å². The lowest BCUT2D eigenvalue weighted by atomic mass is 10.3. The summed E-state index contributed by atoms with van der Waals surface area (Å²) in [5.74, 6) is -0.196. The van der Waals surface area contributed by atoms with Crippen LogP contribution in [0.2, 0.25) is 0 Å². The minimum absolute atomic E-state index is 0.0278. The van der Waals surface area contributed by atoms with E-state index in [4.69, 9.17) is 4.55 Å². The number of rotatable bonds is 3. The van der Waals surface area contributed by atoms with Crippen molar-refractivity contribution in [2.75, 3.05) is 11.1 Å². The van der Waals surface area contributed by atoms with Crippen molar-refractivity contribution in [2.24, 2.45) is 5.92 Å². The second-order valence-corrected chi connectivity index (χ2v) is 4.15. The highest BCUT2D eigenvalue weighted by atomic mass is 79.9. The van der Waals surface area contributed by atoms with Crippen LogP contribution in [0, 0.1) is 5.92 Å². The lowest BCUT2D eigenvalue weighted by molar-refractivity contribution is 0.474. The molecule has 0 aromatic rings. The van der Waals surface area contributed by atoms with Gasteiger partial charge >= 0.3 is 0 Å². The smallest absolute Gasteiger partial charge is 0.265 e. The van der Waals surface area contributed by atoms with Crippen LogP contribution >= 0.6 is 15.9 Å². The van der Waals surface area contributed by atoms with Crippen LogP contribution in [0.4, 0.5) is 0 Å². The van der Waals surface area contributed by atoms with Gasteiger partial charge in [0.2, 0.25) is 0 Å². The average molecular weight is 217 g/mol. The van der Waals surface area contributed by atoms with E-state index in [0.717, 1.165) is 0 Å². The number of hydrogen-bond donors (Lipinski definition) is 1. The molecule has 0 aromatic heterocycles. The van der Waals surface area contributed by atoms with Crippen LogP contribution in [0.25, 0.3) is 0 Å². The zero-order chi connectivity index (χ0) is 7.49. The van der Waals surface area contributed by atoms with Crippen molar-refractivity contribution >= 4 is 26.0 Å². The minimum atomic E-state index is -3.77. The summed E-state index contributed by atoms with van der Waals surface area (Å²) >= 11 is 3.09. The second kappa shape index (κ2) is 3.53. The molecule has 0 aliphatic heterocycles. The Hall–Kier alpha value is 0.390. The molecule has 9 heavy (non-hydrogen) atoms. The maximum absolute atomic E-state index is 10.1. The molecule has 56 valence electrons. The normalized spacial score (nSPS) is 15.4. The summed E-state index contributed by atoms with van der Waals surface area (Å²) < 4.78 is 28.5. The maximum Gasteiger partial charge on any atom is 0.265 e. The fraction of sp³-hybridized carbons (Fsp3) is 1.00. The van der Waals surface area contributed by atoms with Gasteiger partial charge in [-0.05, 0) is 5.92 Å². The first-order valence-electron chi connectivity index (χ1n) is 2.47. The van der Waals surface area contributed by atoms with E-state index >= 15 is 0 Å². The lowest BCUT2D eigenvalue weighted by Crippen LogP contribution is -2.13. The topological polar surface area (TPSA) is 54.4 Å². The van der Waals surface area contributed by atoms with Crippen LogP contribution < -0.4 is 0 Å². The fourth-order valence-corrected chi connectivity index (χ4v) is 1.77. The van der Waals surface area contributed by atoms with Gasteiger partial charge in [0.1, 0.15) is 0 Å². The predicted molar refractivity (Wildman–Crippen MR) is 39.4 cm³/mol. The van der Waals surface area contributed by atoms with Gasteiger partial charge in [-0.15, -0.1) is 0 Å². The van der Waals surface area contributed by atoms with Gasteiger partial charge in [-0.3, -0.25) is 4.55 Å². The van der Waals surface area contributed by atoms with E-state index in [1.54, 1.807) is 6.92 Å². The number of alkyl halides is 1. The molecule has 3 nitrogen and oxygen atoms in total. The predicted octanol–water partition coefficient (Wildman–Crippen LogP) is 0.905. The van der Waals surface area contributed by atoms with Crippen LogP contribution in [-0.2, 0) is 10.1 Å². The molecule has 0 bridgehead atoms. The quantitative estimate of drug-likeness (QED) is 0.564. The average Bonchev–Trinajstić information content (AvgIpc) is 1.62. The second-order valence-electron chi connectivity index (χ2n) is 2.01. The van der Waals surface area contributed by atoms with Gasteiger partial charge in [-0.25, -0.2) is 0 Å². The molecule has 0 spiro atoms.